The van der Waals surface area contributed by atoms with Crippen LogP contribution in [0.25, 0.3) is 0 Å². The van der Waals surface area contributed by atoms with Gasteiger partial charge in [-0.1, -0.05) is 0 Å². The Morgan fingerprint density at radius 2 is 2.20 bits per heavy atom. The Morgan fingerprint density at radius 1 is 1.45 bits per heavy atom. The van der Waals surface area contributed by atoms with Gasteiger partial charge in [0.2, 0.25) is 5.76 Å². The van der Waals surface area contributed by atoms with E-state index < -0.39 is 5.97 Å². The van der Waals surface area contributed by atoms with Crippen LogP contribution >= 0.6 is 0 Å². The van der Waals surface area contributed by atoms with Crippen molar-refractivity contribution in [1.29, 1.82) is 0 Å². The van der Waals surface area contributed by atoms with Gasteiger partial charge in [-0.2, -0.15) is 0 Å². The van der Waals surface area contributed by atoms with Crippen LogP contribution < -0.4 is 5.32 Å². The van der Waals surface area contributed by atoms with Gasteiger partial charge in [0.25, 0.3) is 0 Å². The van der Waals surface area contributed by atoms with Crippen molar-refractivity contribution in [3.8, 4) is 0 Å². The zero-order valence-electron chi connectivity index (χ0n) is 12.1. The van der Waals surface area contributed by atoms with Crippen LogP contribution in [0.2, 0.25) is 0 Å². The molecule has 1 N–H and O–H groups in total. The third-order valence-electron chi connectivity index (χ3n) is 3.31. The van der Waals surface area contributed by atoms with Crippen LogP contribution in [0.4, 0.5) is 0 Å². The van der Waals surface area contributed by atoms with Gasteiger partial charge in [-0.05, 0) is 19.1 Å². The molecule has 1 atom stereocenters. The van der Waals surface area contributed by atoms with Crippen molar-refractivity contribution in [3.05, 3.63) is 23.7 Å². The Kier molecular flexibility index (Phi) is 5.58. The summed E-state index contributed by atoms with van der Waals surface area (Å²) in [5.41, 5.74) is 0. The van der Waals surface area contributed by atoms with E-state index in [9.17, 15) is 4.79 Å². The minimum absolute atomic E-state index is 0.241. The average molecular weight is 282 g/mol. The smallest absolute Gasteiger partial charge is 0.373 e. The molecule has 0 amide bonds. The molecule has 112 valence electrons. The number of hydrogen-bond acceptors (Lipinski definition) is 6. The average Bonchev–Trinajstić information content (AvgIpc) is 2.94. The summed E-state index contributed by atoms with van der Waals surface area (Å²) in [5.74, 6) is 0.530. The number of furan rings is 1. The Balaban J connectivity index is 1.73. The van der Waals surface area contributed by atoms with Crippen molar-refractivity contribution in [3.63, 3.8) is 0 Å². The summed E-state index contributed by atoms with van der Waals surface area (Å²) < 4.78 is 15.3. The third-order valence-corrected chi connectivity index (χ3v) is 3.31. The second kappa shape index (κ2) is 7.42. The maximum Gasteiger partial charge on any atom is 0.373 e. The lowest BCUT2D eigenvalue weighted by Crippen LogP contribution is -2.44. The minimum atomic E-state index is -0.447. The molecule has 6 nitrogen and oxygen atoms in total. The first-order valence-electron chi connectivity index (χ1n) is 6.89. The van der Waals surface area contributed by atoms with Crippen LogP contribution in [0.15, 0.2) is 16.5 Å². The molecule has 2 rings (SSSR count). The molecule has 1 saturated heterocycles. The number of carbonyl (C=O) groups is 1. The maximum atomic E-state index is 11.3. The Bertz CT molecular complexity index is 427. The van der Waals surface area contributed by atoms with E-state index in [0.29, 0.717) is 12.6 Å². The molecule has 1 aliphatic rings. The second-order valence-electron chi connectivity index (χ2n) is 4.95. The lowest BCUT2D eigenvalue weighted by atomic mass is 10.2. The van der Waals surface area contributed by atoms with Gasteiger partial charge in [0, 0.05) is 25.7 Å². The fraction of sp³-hybridized carbons (Fsp3) is 0.643. The van der Waals surface area contributed by atoms with E-state index in [1.54, 1.807) is 12.1 Å². The summed E-state index contributed by atoms with van der Waals surface area (Å²) in [6.45, 7) is 7.31. The van der Waals surface area contributed by atoms with Crippen LogP contribution in [-0.4, -0.2) is 56.9 Å². The highest BCUT2D eigenvalue weighted by atomic mass is 16.5. The Labute approximate surface area is 119 Å². The van der Waals surface area contributed by atoms with Gasteiger partial charge in [0.05, 0.1) is 26.9 Å². The Morgan fingerprint density at radius 3 is 2.90 bits per heavy atom. The van der Waals surface area contributed by atoms with E-state index >= 15 is 0 Å². The molecule has 1 aromatic heterocycles. The molecule has 0 bridgehead atoms. The topological polar surface area (TPSA) is 63.9 Å². The van der Waals surface area contributed by atoms with Crippen LogP contribution in [0.5, 0.6) is 0 Å². The predicted octanol–water partition coefficient (Wildman–Crippen LogP) is 0.876. The third kappa shape index (κ3) is 4.33. The summed E-state index contributed by atoms with van der Waals surface area (Å²) in [5, 5.41) is 3.39. The Hall–Kier alpha value is -1.37. The highest BCUT2D eigenvalue weighted by Gasteiger charge is 2.14. The maximum absolute atomic E-state index is 11.3. The molecule has 1 aliphatic heterocycles. The first kappa shape index (κ1) is 15.0. The molecule has 0 aliphatic carbocycles. The molecule has 1 aromatic rings. The lowest BCUT2D eigenvalue weighted by Gasteiger charge is -2.29. The largest absolute Gasteiger partial charge is 0.463 e. The van der Waals surface area contributed by atoms with E-state index in [1.807, 2.05) is 0 Å². The summed E-state index contributed by atoms with van der Waals surface area (Å²) in [7, 11) is 1.34. The molecule has 20 heavy (non-hydrogen) atoms. The number of nitrogens with one attached hydrogen (secondary N) is 1. The lowest BCUT2D eigenvalue weighted by molar-refractivity contribution is 0.0342. The van der Waals surface area contributed by atoms with Crippen LogP contribution in [0, 0.1) is 0 Å². The molecule has 1 fully saturated rings. The molecule has 0 spiro atoms. The van der Waals surface area contributed by atoms with Crippen molar-refractivity contribution in [2.75, 3.05) is 40.0 Å². The molecule has 6 heteroatoms. The molecular formula is C14H22N2O4. The fourth-order valence-electron chi connectivity index (χ4n) is 2.19. The quantitative estimate of drug-likeness (QED) is 0.781. The summed E-state index contributed by atoms with van der Waals surface area (Å²) in [4.78, 5) is 13.7. The number of hydrogen-bond donors (Lipinski definition) is 1. The van der Waals surface area contributed by atoms with Gasteiger partial charge in [-0.25, -0.2) is 4.79 Å². The first-order chi connectivity index (χ1) is 9.69. The molecule has 0 saturated carbocycles. The van der Waals surface area contributed by atoms with Gasteiger partial charge in [0.15, 0.2) is 0 Å². The van der Waals surface area contributed by atoms with Gasteiger partial charge in [-0.3, -0.25) is 4.90 Å². The predicted molar refractivity (Wildman–Crippen MR) is 73.6 cm³/mol. The van der Waals surface area contributed by atoms with Crippen molar-refractivity contribution < 1.29 is 18.7 Å². The number of morpholine rings is 1. The fourth-order valence-corrected chi connectivity index (χ4v) is 2.19. The normalized spacial score (nSPS) is 17.9. The van der Waals surface area contributed by atoms with Crippen molar-refractivity contribution in [1.82, 2.24) is 10.2 Å². The summed E-state index contributed by atoms with van der Waals surface area (Å²) in [6, 6.07) is 3.77. The van der Waals surface area contributed by atoms with E-state index in [1.165, 1.54) is 7.11 Å². The van der Waals surface area contributed by atoms with Crippen LogP contribution in [0.3, 0.4) is 0 Å². The number of ether oxygens (including phenoxy) is 2. The van der Waals surface area contributed by atoms with Gasteiger partial charge in [0.1, 0.15) is 5.76 Å². The molecule has 2 heterocycles. The highest BCUT2D eigenvalue weighted by molar-refractivity contribution is 5.86. The van der Waals surface area contributed by atoms with E-state index in [0.717, 1.165) is 38.6 Å². The standard InChI is InChI=1S/C14H22N2O4/c1-11(10-16-5-7-19-8-6-16)15-9-12-3-4-13(20-12)14(17)18-2/h3-4,11,15H,5-10H2,1-2H3. The van der Waals surface area contributed by atoms with Gasteiger partial charge in [-0.15, -0.1) is 0 Å². The van der Waals surface area contributed by atoms with Crippen LogP contribution in [0.1, 0.15) is 23.2 Å². The monoisotopic (exact) mass is 282 g/mol. The molecule has 1 unspecified atom stereocenters. The zero-order chi connectivity index (χ0) is 14.4. The number of esters is 1. The van der Waals surface area contributed by atoms with Gasteiger partial charge < -0.3 is 19.2 Å². The summed E-state index contributed by atoms with van der Waals surface area (Å²) in [6.07, 6.45) is 0. The molecule has 0 aromatic carbocycles. The minimum Gasteiger partial charge on any atom is -0.463 e. The zero-order valence-corrected chi connectivity index (χ0v) is 12.1. The number of rotatable bonds is 6. The first-order valence-corrected chi connectivity index (χ1v) is 6.89. The SMILES string of the molecule is COC(=O)c1ccc(CNC(C)CN2CCOCC2)o1. The number of methoxy groups -OCH3 is 1. The number of carbonyl (C=O) groups excluding carboxylic acids is 1. The van der Waals surface area contributed by atoms with Crippen molar-refractivity contribution >= 4 is 5.97 Å². The highest BCUT2D eigenvalue weighted by Crippen LogP contribution is 2.09. The number of nitrogens with zero attached hydrogens (tertiary/aromatic N) is 1. The van der Waals surface area contributed by atoms with Crippen LogP contribution in [-0.2, 0) is 16.0 Å². The van der Waals surface area contributed by atoms with Crippen molar-refractivity contribution in [2.24, 2.45) is 0 Å². The van der Waals surface area contributed by atoms with E-state index in [-0.39, 0.29) is 5.76 Å². The van der Waals surface area contributed by atoms with Gasteiger partial charge >= 0.3 is 5.97 Å². The molecular weight excluding hydrogens is 260 g/mol. The second-order valence-corrected chi connectivity index (χ2v) is 4.95. The van der Waals surface area contributed by atoms with E-state index in [4.69, 9.17) is 9.15 Å². The van der Waals surface area contributed by atoms with Crippen molar-refractivity contribution in [2.45, 2.75) is 19.5 Å². The molecule has 0 radical (unpaired) electrons. The van der Waals surface area contributed by atoms with E-state index in [2.05, 4.69) is 21.9 Å². The summed E-state index contributed by atoms with van der Waals surface area (Å²) >= 11 is 0.